The lowest BCUT2D eigenvalue weighted by atomic mass is 10.0. The topological polar surface area (TPSA) is 95.9 Å². The molecule has 0 aromatic rings. The number of unbranched alkanes of at least 4 members (excludes halogenated alkanes) is 28. The number of allylic oxidation sites excluding steroid dienone is 14. The van der Waals surface area contributed by atoms with E-state index in [4.69, 9.17) is 4.74 Å². The first-order valence-corrected chi connectivity index (χ1v) is 27.9. The van der Waals surface area contributed by atoms with E-state index in [0.717, 1.165) is 83.5 Å². The average Bonchev–Trinajstić information content (AvgIpc) is 3.31. The van der Waals surface area contributed by atoms with Gasteiger partial charge in [0.1, 0.15) is 6.10 Å². The Bertz CT molecular complexity index is 1260. The fraction of sp³-hybridized carbons (Fsp3) is 0.733. The summed E-state index contributed by atoms with van der Waals surface area (Å²) < 4.78 is 5.93. The second-order valence-corrected chi connectivity index (χ2v) is 18.8. The van der Waals surface area contributed by atoms with Gasteiger partial charge in [-0.15, -0.1) is 0 Å². The predicted octanol–water partition coefficient (Wildman–Crippen LogP) is 17.1. The first kappa shape index (κ1) is 63.0. The molecule has 0 radical (unpaired) electrons. The number of carbonyl (C=O) groups is 2. The van der Waals surface area contributed by atoms with Gasteiger partial charge >= 0.3 is 5.97 Å². The van der Waals surface area contributed by atoms with Crippen molar-refractivity contribution in [2.75, 3.05) is 6.61 Å². The first-order valence-electron chi connectivity index (χ1n) is 27.9. The molecular formula is C60H105NO5. The molecule has 0 bridgehead atoms. The van der Waals surface area contributed by atoms with E-state index in [1.165, 1.54) is 128 Å². The van der Waals surface area contributed by atoms with E-state index in [9.17, 15) is 19.8 Å². The summed E-state index contributed by atoms with van der Waals surface area (Å²) in [6.07, 6.45) is 69.3. The molecule has 0 aliphatic carbocycles. The van der Waals surface area contributed by atoms with Crippen LogP contribution in [0.15, 0.2) is 85.1 Å². The van der Waals surface area contributed by atoms with E-state index in [-0.39, 0.29) is 24.9 Å². The number of hydrogen-bond acceptors (Lipinski definition) is 5. The zero-order chi connectivity index (χ0) is 48.1. The van der Waals surface area contributed by atoms with Gasteiger partial charge in [0.15, 0.2) is 0 Å². The lowest BCUT2D eigenvalue weighted by Gasteiger charge is -2.24. The van der Waals surface area contributed by atoms with Crippen LogP contribution in [0.25, 0.3) is 0 Å². The van der Waals surface area contributed by atoms with Crippen LogP contribution < -0.4 is 5.32 Å². The maximum absolute atomic E-state index is 13.3. The number of ether oxygens (including phenoxy) is 1. The minimum atomic E-state index is -0.804. The molecule has 6 heteroatoms. The van der Waals surface area contributed by atoms with Crippen molar-refractivity contribution >= 4 is 11.9 Å². The molecule has 1 amide bonds. The highest BCUT2D eigenvalue weighted by atomic mass is 16.5. The van der Waals surface area contributed by atoms with E-state index in [0.29, 0.717) is 19.3 Å². The Morgan fingerprint density at radius 1 is 0.455 bits per heavy atom. The van der Waals surface area contributed by atoms with Gasteiger partial charge in [-0.1, -0.05) is 260 Å². The average molecular weight is 921 g/mol. The Labute approximate surface area is 408 Å². The van der Waals surface area contributed by atoms with Gasteiger partial charge in [-0.3, -0.25) is 9.59 Å². The third-order valence-corrected chi connectivity index (χ3v) is 12.4. The van der Waals surface area contributed by atoms with Gasteiger partial charge in [0.25, 0.3) is 0 Å². The summed E-state index contributed by atoms with van der Waals surface area (Å²) in [5.74, 6) is -0.539. The number of aliphatic hydroxyl groups is 2. The SMILES string of the molecule is CC\C=C/C=C/C=C/C=C\C=C\C=C\CCCCCC(=O)OC(CCCCC/C=C/CCCCCCCCCCC)CC(=O)NC(CO)C(O)CCCCCCCCCCCCCCCC. The van der Waals surface area contributed by atoms with Crippen LogP contribution in [-0.4, -0.2) is 46.9 Å². The van der Waals surface area contributed by atoms with Crippen LogP contribution in [-0.2, 0) is 14.3 Å². The van der Waals surface area contributed by atoms with E-state index in [1.807, 2.05) is 48.6 Å². The van der Waals surface area contributed by atoms with Gasteiger partial charge in [0.05, 0.1) is 25.2 Å². The van der Waals surface area contributed by atoms with Gasteiger partial charge < -0.3 is 20.3 Å². The maximum atomic E-state index is 13.3. The van der Waals surface area contributed by atoms with Crippen LogP contribution in [0, 0.1) is 0 Å². The molecule has 0 heterocycles. The van der Waals surface area contributed by atoms with E-state index in [2.05, 4.69) is 62.5 Å². The molecular weight excluding hydrogens is 815 g/mol. The Hall–Kier alpha value is -2.96. The molecule has 3 atom stereocenters. The summed E-state index contributed by atoms with van der Waals surface area (Å²) in [6, 6.07) is -0.720. The fourth-order valence-corrected chi connectivity index (χ4v) is 8.16. The molecule has 380 valence electrons. The summed E-state index contributed by atoms with van der Waals surface area (Å²) in [6.45, 7) is 6.34. The van der Waals surface area contributed by atoms with Crippen LogP contribution in [0.4, 0.5) is 0 Å². The quantitative estimate of drug-likeness (QED) is 0.0245. The monoisotopic (exact) mass is 920 g/mol. The Morgan fingerprint density at radius 2 is 0.833 bits per heavy atom. The van der Waals surface area contributed by atoms with Crippen LogP contribution in [0.5, 0.6) is 0 Å². The number of carbonyl (C=O) groups excluding carboxylic acids is 2. The van der Waals surface area contributed by atoms with Crippen molar-refractivity contribution in [2.45, 2.75) is 277 Å². The summed E-state index contributed by atoms with van der Waals surface area (Å²) in [5.41, 5.74) is 0. The highest BCUT2D eigenvalue weighted by Crippen LogP contribution is 2.18. The number of rotatable bonds is 49. The van der Waals surface area contributed by atoms with Gasteiger partial charge in [-0.25, -0.2) is 0 Å². The van der Waals surface area contributed by atoms with Crippen LogP contribution in [0.3, 0.4) is 0 Å². The summed E-state index contributed by atoms with van der Waals surface area (Å²) >= 11 is 0. The molecule has 0 fully saturated rings. The number of aliphatic hydroxyl groups excluding tert-OH is 2. The van der Waals surface area contributed by atoms with Gasteiger partial charge in [-0.2, -0.15) is 0 Å². The molecule has 6 nitrogen and oxygen atoms in total. The van der Waals surface area contributed by atoms with Crippen molar-refractivity contribution in [1.82, 2.24) is 5.32 Å². The maximum Gasteiger partial charge on any atom is 0.306 e. The Balaban J connectivity index is 4.70. The van der Waals surface area contributed by atoms with Crippen molar-refractivity contribution in [2.24, 2.45) is 0 Å². The molecule has 66 heavy (non-hydrogen) atoms. The van der Waals surface area contributed by atoms with E-state index in [1.54, 1.807) is 0 Å². The highest BCUT2D eigenvalue weighted by Gasteiger charge is 2.24. The lowest BCUT2D eigenvalue weighted by Crippen LogP contribution is -2.46. The molecule has 0 saturated heterocycles. The molecule has 0 aliphatic heterocycles. The van der Waals surface area contributed by atoms with Crippen LogP contribution in [0.1, 0.15) is 258 Å². The highest BCUT2D eigenvalue weighted by molar-refractivity contribution is 5.77. The summed E-state index contributed by atoms with van der Waals surface area (Å²) in [5, 5.41) is 23.8. The van der Waals surface area contributed by atoms with Crippen LogP contribution >= 0.6 is 0 Å². The zero-order valence-electron chi connectivity index (χ0n) is 43.3. The summed E-state index contributed by atoms with van der Waals surface area (Å²) in [4.78, 5) is 26.2. The Morgan fingerprint density at radius 3 is 1.30 bits per heavy atom. The van der Waals surface area contributed by atoms with Crippen molar-refractivity contribution in [3.05, 3.63) is 85.1 Å². The minimum absolute atomic E-state index is 0.0456. The molecule has 3 N–H and O–H groups in total. The summed E-state index contributed by atoms with van der Waals surface area (Å²) in [7, 11) is 0. The first-order chi connectivity index (χ1) is 32.5. The molecule has 0 spiro atoms. The van der Waals surface area contributed by atoms with Gasteiger partial charge in [0.2, 0.25) is 5.91 Å². The number of hydrogen-bond donors (Lipinski definition) is 3. The largest absolute Gasteiger partial charge is 0.462 e. The molecule has 0 saturated carbocycles. The van der Waals surface area contributed by atoms with Crippen molar-refractivity contribution in [3.63, 3.8) is 0 Å². The molecule has 0 rings (SSSR count). The van der Waals surface area contributed by atoms with Gasteiger partial charge in [0, 0.05) is 6.42 Å². The number of nitrogens with one attached hydrogen (secondary N) is 1. The smallest absolute Gasteiger partial charge is 0.306 e. The van der Waals surface area contributed by atoms with E-state index >= 15 is 0 Å². The van der Waals surface area contributed by atoms with Crippen molar-refractivity contribution in [3.8, 4) is 0 Å². The van der Waals surface area contributed by atoms with E-state index < -0.39 is 18.2 Å². The molecule has 0 aliphatic rings. The second kappa shape index (κ2) is 53.0. The van der Waals surface area contributed by atoms with Gasteiger partial charge in [-0.05, 0) is 70.6 Å². The standard InChI is InChI=1S/C60H105NO5/c1-4-7-10-13-16-19-22-25-28-30-32-35-38-41-44-47-50-53-60(65)66-56(51-48-45-42-39-36-33-31-29-26-23-20-17-14-11-8-5-2)54-59(64)61-57(55-62)58(63)52-49-46-43-40-37-34-27-24-21-18-15-12-9-6-3/h7,10,13,16,19,22,25,28,30,32-33,35-36,38,56-58,62-63H,4-6,8-9,11-12,14-15,17-18,20-21,23-24,26-27,29,31,34,37,39-55H2,1-3H3,(H,61,64)/b10-7-,16-13+,22-19+,28-25-,32-30+,36-33+,38-35+. The second-order valence-electron chi connectivity index (χ2n) is 18.8. The van der Waals surface area contributed by atoms with Crippen LogP contribution in [0.2, 0.25) is 0 Å². The zero-order valence-corrected chi connectivity index (χ0v) is 43.3. The molecule has 0 aromatic carbocycles. The fourth-order valence-electron chi connectivity index (χ4n) is 8.16. The lowest BCUT2D eigenvalue weighted by molar-refractivity contribution is -0.151. The number of esters is 1. The number of amides is 1. The third kappa shape index (κ3) is 47.5. The normalized spacial score (nSPS) is 13.8. The molecule has 0 aromatic heterocycles. The molecule has 3 unspecified atom stereocenters. The van der Waals surface area contributed by atoms with Crippen molar-refractivity contribution < 1.29 is 24.5 Å². The van der Waals surface area contributed by atoms with Crippen molar-refractivity contribution in [1.29, 1.82) is 0 Å². The Kier molecular flexibility index (Phi) is 50.6. The predicted molar refractivity (Wildman–Crippen MR) is 287 cm³/mol. The minimum Gasteiger partial charge on any atom is -0.462 e. The third-order valence-electron chi connectivity index (χ3n) is 12.4.